The van der Waals surface area contributed by atoms with Crippen LogP contribution in [0, 0.1) is 5.92 Å². The minimum atomic E-state index is -1.37. The molecule has 2 amide bonds. The average Bonchev–Trinajstić information content (AvgIpc) is 2.45. The Kier molecular flexibility index (Phi) is 5.32. The number of halogens is 2. The fourth-order valence-electron chi connectivity index (χ4n) is 2.68. The lowest BCUT2D eigenvalue weighted by atomic mass is 9.92. The van der Waals surface area contributed by atoms with Crippen LogP contribution in [0.25, 0.3) is 0 Å². The molecule has 1 saturated heterocycles. The number of primary amides is 1. The third kappa shape index (κ3) is 3.72. The van der Waals surface area contributed by atoms with Gasteiger partial charge in [-0.3, -0.25) is 9.59 Å². The fraction of sp³-hybridized carbons (Fsp3) is 0.467. The molecular weight excluding hydrogens is 327 g/mol. The van der Waals surface area contributed by atoms with Gasteiger partial charge in [0.2, 0.25) is 5.91 Å². The number of rotatable bonds is 3. The van der Waals surface area contributed by atoms with E-state index in [0.717, 1.165) is 0 Å². The monoisotopic (exact) mass is 344 g/mol. The van der Waals surface area contributed by atoms with Gasteiger partial charge in [-0.1, -0.05) is 23.2 Å². The molecule has 0 radical (unpaired) electrons. The van der Waals surface area contributed by atoms with E-state index in [1.165, 1.54) is 23.1 Å². The lowest BCUT2D eigenvalue weighted by molar-refractivity contribution is -0.146. The molecule has 7 heteroatoms. The minimum Gasteiger partial charge on any atom is -0.378 e. The van der Waals surface area contributed by atoms with Crippen molar-refractivity contribution in [2.45, 2.75) is 31.9 Å². The Morgan fingerprint density at radius 3 is 2.41 bits per heavy atom. The smallest absolute Gasteiger partial charge is 0.256 e. The highest BCUT2D eigenvalue weighted by Crippen LogP contribution is 2.28. The fourth-order valence-corrected chi connectivity index (χ4v) is 3.22. The molecule has 0 aliphatic carbocycles. The average molecular weight is 345 g/mol. The molecular formula is C15H18Cl2N2O3. The van der Waals surface area contributed by atoms with Gasteiger partial charge in [-0.15, -0.1) is 0 Å². The van der Waals surface area contributed by atoms with E-state index in [-0.39, 0.29) is 18.5 Å². The summed E-state index contributed by atoms with van der Waals surface area (Å²) in [5.74, 6) is -1.28. The minimum absolute atomic E-state index is 0.0626. The molecule has 1 heterocycles. The molecule has 0 spiro atoms. The number of carbonyl (C=O) groups excluding carboxylic acids is 2. The van der Waals surface area contributed by atoms with Gasteiger partial charge < -0.3 is 15.7 Å². The third-order valence-corrected chi connectivity index (χ3v) is 4.44. The van der Waals surface area contributed by atoms with Crippen molar-refractivity contribution in [2.24, 2.45) is 11.7 Å². The molecule has 3 atom stereocenters. The number of aliphatic hydroxyl groups is 1. The van der Waals surface area contributed by atoms with Crippen molar-refractivity contribution in [3.8, 4) is 0 Å². The van der Waals surface area contributed by atoms with E-state index in [9.17, 15) is 14.7 Å². The predicted molar refractivity (Wildman–Crippen MR) is 84.5 cm³/mol. The van der Waals surface area contributed by atoms with E-state index in [1.807, 2.05) is 6.92 Å². The van der Waals surface area contributed by atoms with Crippen LogP contribution < -0.4 is 5.73 Å². The van der Waals surface area contributed by atoms with Crippen LogP contribution in [0.2, 0.25) is 10.0 Å². The molecule has 1 aliphatic rings. The summed E-state index contributed by atoms with van der Waals surface area (Å²) in [6.07, 6.45) is -0.0489. The molecule has 3 unspecified atom stereocenters. The molecule has 120 valence electrons. The van der Waals surface area contributed by atoms with E-state index < -0.39 is 17.9 Å². The number of nitrogens with two attached hydrogens (primary N) is 1. The summed E-state index contributed by atoms with van der Waals surface area (Å²) in [4.78, 5) is 25.4. The number of carbonyl (C=O) groups is 2. The van der Waals surface area contributed by atoms with Crippen LogP contribution in [0.1, 0.15) is 31.4 Å². The highest BCUT2D eigenvalue weighted by molar-refractivity contribution is 6.34. The standard InChI is InChI=1S/C15H18Cl2N2O3/c1-8-2-3-9(14(18)21)7-19(8)15(22)13(20)10-4-11(16)6-12(17)5-10/h4-6,8-9,13,20H,2-3,7H2,1H3,(H2,18,21). The zero-order valence-corrected chi connectivity index (χ0v) is 13.6. The summed E-state index contributed by atoms with van der Waals surface area (Å²) in [7, 11) is 0. The molecule has 1 aromatic carbocycles. The van der Waals surface area contributed by atoms with Crippen LogP contribution in [0.4, 0.5) is 0 Å². The van der Waals surface area contributed by atoms with Crippen LogP contribution >= 0.6 is 23.2 Å². The first-order chi connectivity index (χ1) is 10.3. The Balaban J connectivity index is 2.19. The summed E-state index contributed by atoms with van der Waals surface area (Å²) in [6, 6.07) is 4.45. The van der Waals surface area contributed by atoms with Crippen molar-refractivity contribution < 1.29 is 14.7 Å². The predicted octanol–water partition coefficient (Wildman–Crippen LogP) is 2.14. The molecule has 5 nitrogen and oxygen atoms in total. The van der Waals surface area contributed by atoms with E-state index in [0.29, 0.717) is 28.5 Å². The van der Waals surface area contributed by atoms with E-state index >= 15 is 0 Å². The molecule has 2 rings (SSSR count). The first kappa shape index (κ1) is 17.1. The van der Waals surface area contributed by atoms with Gasteiger partial charge in [0.15, 0.2) is 6.10 Å². The molecule has 1 fully saturated rings. The van der Waals surface area contributed by atoms with Gasteiger partial charge in [-0.25, -0.2) is 0 Å². The second-order valence-corrected chi connectivity index (χ2v) is 6.49. The second kappa shape index (κ2) is 6.86. The molecule has 0 bridgehead atoms. The highest BCUT2D eigenvalue weighted by Gasteiger charge is 2.34. The summed E-state index contributed by atoms with van der Waals surface area (Å²) in [5.41, 5.74) is 5.66. The Morgan fingerprint density at radius 2 is 1.86 bits per heavy atom. The maximum Gasteiger partial charge on any atom is 0.256 e. The summed E-state index contributed by atoms with van der Waals surface area (Å²) < 4.78 is 0. The summed E-state index contributed by atoms with van der Waals surface area (Å²) >= 11 is 11.8. The summed E-state index contributed by atoms with van der Waals surface area (Å²) in [5, 5.41) is 11.0. The number of amides is 2. The number of hydrogen-bond donors (Lipinski definition) is 2. The van der Waals surface area contributed by atoms with Crippen molar-refractivity contribution >= 4 is 35.0 Å². The van der Waals surface area contributed by atoms with Crippen LogP contribution in [0.5, 0.6) is 0 Å². The lowest BCUT2D eigenvalue weighted by Gasteiger charge is -2.38. The first-order valence-electron chi connectivity index (χ1n) is 7.03. The van der Waals surface area contributed by atoms with Crippen LogP contribution in [0.3, 0.4) is 0 Å². The van der Waals surface area contributed by atoms with E-state index in [4.69, 9.17) is 28.9 Å². The van der Waals surface area contributed by atoms with E-state index in [2.05, 4.69) is 0 Å². The molecule has 0 aromatic heterocycles. The Labute approximate surface area is 139 Å². The van der Waals surface area contributed by atoms with Crippen LogP contribution in [-0.2, 0) is 9.59 Å². The molecule has 22 heavy (non-hydrogen) atoms. The van der Waals surface area contributed by atoms with Gasteiger partial charge in [-0.05, 0) is 43.5 Å². The molecule has 0 saturated carbocycles. The second-order valence-electron chi connectivity index (χ2n) is 5.62. The van der Waals surface area contributed by atoms with Crippen molar-refractivity contribution in [3.63, 3.8) is 0 Å². The SMILES string of the molecule is CC1CCC(C(N)=O)CN1C(=O)C(O)c1cc(Cl)cc(Cl)c1. The van der Waals surface area contributed by atoms with Gasteiger partial charge in [-0.2, -0.15) is 0 Å². The molecule has 3 N–H and O–H groups in total. The molecule has 1 aromatic rings. The number of nitrogens with zero attached hydrogens (tertiary/aromatic N) is 1. The van der Waals surface area contributed by atoms with Gasteiger partial charge in [0, 0.05) is 22.6 Å². The normalized spacial score (nSPS) is 23.2. The maximum absolute atomic E-state index is 12.5. The van der Waals surface area contributed by atoms with Crippen LogP contribution in [0.15, 0.2) is 18.2 Å². The first-order valence-corrected chi connectivity index (χ1v) is 7.79. The Hall–Kier alpha value is -1.30. The topological polar surface area (TPSA) is 83.6 Å². The van der Waals surface area contributed by atoms with Crippen molar-refractivity contribution in [1.82, 2.24) is 4.90 Å². The third-order valence-electron chi connectivity index (χ3n) is 4.00. The number of piperidine rings is 1. The van der Waals surface area contributed by atoms with Crippen LogP contribution in [-0.4, -0.2) is 34.4 Å². The van der Waals surface area contributed by atoms with Crippen molar-refractivity contribution in [1.29, 1.82) is 0 Å². The Bertz CT molecular complexity index is 574. The van der Waals surface area contributed by atoms with Gasteiger partial charge in [0.05, 0.1) is 5.92 Å². The largest absolute Gasteiger partial charge is 0.378 e. The van der Waals surface area contributed by atoms with Gasteiger partial charge in [0.1, 0.15) is 0 Å². The maximum atomic E-state index is 12.5. The Morgan fingerprint density at radius 1 is 1.27 bits per heavy atom. The van der Waals surface area contributed by atoms with E-state index in [1.54, 1.807) is 0 Å². The quantitative estimate of drug-likeness (QED) is 0.880. The molecule has 1 aliphatic heterocycles. The van der Waals surface area contributed by atoms with Crippen molar-refractivity contribution in [3.05, 3.63) is 33.8 Å². The highest BCUT2D eigenvalue weighted by atomic mass is 35.5. The number of likely N-dealkylation sites (tertiary alicyclic amines) is 1. The van der Waals surface area contributed by atoms with Crippen molar-refractivity contribution in [2.75, 3.05) is 6.54 Å². The zero-order chi connectivity index (χ0) is 16.4. The zero-order valence-electron chi connectivity index (χ0n) is 12.1. The number of aliphatic hydroxyl groups excluding tert-OH is 1. The lowest BCUT2D eigenvalue weighted by Crippen LogP contribution is -2.50. The number of hydrogen-bond acceptors (Lipinski definition) is 3. The van der Waals surface area contributed by atoms with Gasteiger partial charge >= 0.3 is 0 Å². The summed E-state index contributed by atoms with van der Waals surface area (Å²) in [6.45, 7) is 2.10. The van der Waals surface area contributed by atoms with Gasteiger partial charge in [0.25, 0.3) is 5.91 Å². The number of benzene rings is 1.